The second-order valence-electron chi connectivity index (χ2n) is 4.72. The summed E-state index contributed by atoms with van der Waals surface area (Å²) in [7, 11) is 0. The van der Waals surface area contributed by atoms with Crippen LogP contribution in [0, 0.1) is 0 Å². The minimum absolute atomic E-state index is 0.256. The van der Waals surface area contributed by atoms with Gasteiger partial charge >= 0.3 is 0 Å². The van der Waals surface area contributed by atoms with Gasteiger partial charge in [-0.25, -0.2) is 0 Å². The van der Waals surface area contributed by atoms with E-state index in [-0.39, 0.29) is 5.78 Å². The molecule has 0 radical (unpaired) electrons. The van der Waals surface area contributed by atoms with Gasteiger partial charge in [-0.3, -0.25) is 4.79 Å². The highest BCUT2D eigenvalue weighted by molar-refractivity contribution is 7.99. The van der Waals surface area contributed by atoms with Crippen LogP contribution in [0.3, 0.4) is 0 Å². The van der Waals surface area contributed by atoms with Gasteiger partial charge in [-0.1, -0.05) is 19.1 Å². The Hall–Kier alpha value is -0.840. The Balaban J connectivity index is 1.81. The molecule has 0 bridgehead atoms. The fourth-order valence-electron chi connectivity index (χ4n) is 2.24. The zero-order chi connectivity index (χ0) is 13.5. The van der Waals surface area contributed by atoms with Crippen molar-refractivity contribution in [2.75, 3.05) is 38.5 Å². The molecule has 2 rings (SSSR count). The maximum Gasteiger partial charge on any atom is 0.164 e. The summed E-state index contributed by atoms with van der Waals surface area (Å²) in [6.07, 6.45) is 0.625. The molecular weight excluding hydrogens is 256 g/mol. The van der Waals surface area contributed by atoms with Gasteiger partial charge in [0.2, 0.25) is 0 Å². The highest BCUT2D eigenvalue weighted by Crippen LogP contribution is 2.18. The largest absolute Gasteiger partial charge is 0.314 e. The molecule has 0 amide bonds. The summed E-state index contributed by atoms with van der Waals surface area (Å²) in [6.45, 7) is 7.20. The van der Waals surface area contributed by atoms with Crippen LogP contribution in [0.1, 0.15) is 23.7 Å². The first kappa shape index (κ1) is 14.6. The number of carbonyl (C=O) groups excluding carboxylic acids is 1. The third kappa shape index (κ3) is 4.64. The quantitative estimate of drug-likeness (QED) is 0.639. The van der Waals surface area contributed by atoms with Crippen LogP contribution in [0.2, 0.25) is 0 Å². The van der Waals surface area contributed by atoms with Gasteiger partial charge in [-0.15, -0.1) is 11.8 Å². The van der Waals surface area contributed by atoms with Crippen LogP contribution in [-0.4, -0.2) is 49.2 Å². The molecule has 1 aromatic carbocycles. The number of hydrogen-bond acceptors (Lipinski definition) is 4. The topological polar surface area (TPSA) is 32.3 Å². The second kappa shape index (κ2) is 7.68. The number of rotatable bonds is 6. The van der Waals surface area contributed by atoms with E-state index in [1.165, 1.54) is 4.90 Å². The van der Waals surface area contributed by atoms with Crippen molar-refractivity contribution in [2.24, 2.45) is 0 Å². The van der Waals surface area contributed by atoms with Crippen LogP contribution in [-0.2, 0) is 0 Å². The molecule has 0 unspecified atom stereocenters. The predicted molar refractivity (Wildman–Crippen MR) is 81.1 cm³/mol. The number of thioether (sulfide) groups is 1. The van der Waals surface area contributed by atoms with Crippen molar-refractivity contribution in [1.29, 1.82) is 0 Å². The smallest absolute Gasteiger partial charge is 0.164 e. The van der Waals surface area contributed by atoms with Gasteiger partial charge in [0, 0.05) is 49.6 Å². The Morgan fingerprint density at radius 1 is 1.26 bits per heavy atom. The highest BCUT2D eigenvalue weighted by Gasteiger charge is 2.12. The lowest BCUT2D eigenvalue weighted by atomic mass is 10.1. The lowest BCUT2D eigenvalue weighted by Gasteiger charge is -2.26. The number of carbonyl (C=O) groups is 1. The molecule has 1 aliphatic rings. The first-order chi connectivity index (χ1) is 9.29. The van der Waals surface area contributed by atoms with Gasteiger partial charge in [0.25, 0.3) is 0 Å². The number of nitrogens with zero attached hydrogens (tertiary/aromatic N) is 1. The second-order valence-corrected chi connectivity index (χ2v) is 6.06. The number of hydrogen-bond donors (Lipinski definition) is 1. The molecule has 0 spiro atoms. The van der Waals surface area contributed by atoms with Crippen molar-refractivity contribution in [2.45, 2.75) is 18.2 Å². The summed E-state index contributed by atoms with van der Waals surface area (Å²) >= 11 is 1.81. The lowest BCUT2D eigenvalue weighted by Crippen LogP contribution is -2.44. The zero-order valence-electron chi connectivity index (χ0n) is 11.5. The Morgan fingerprint density at radius 2 is 1.95 bits per heavy atom. The van der Waals surface area contributed by atoms with Crippen LogP contribution in [0.25, 0.3) is 0 Å². The maximum absolute atomic E-state index is 12.1. The van der Waals surface area contributed by atoms with Crippen molar-refractivity contribution < 1.29 is 4.79 Å². The molecule has 0 saturated carbocycles. The Kier molecular flexibility index (Phi) is 5.89. The molecule has 0 aromatic heterocycles. The lowest BCUT2D eigenvalue weighted by molar-refractivity contribution is 0.0960. The SMILES string of the molecule is CCSc1ccc(C(=O)CCN2CCNCC2)cc1. The molecule has 1 N–H and O–H groups in total. The van der Waals surface area contributed by atoms with E-state index in [9.17, 15) is 4.79 Å². The normalized spacial score (nSPS) is 16.5. The molecule has 1 fully saturated rings. The fraction of sp³-hybridized carbons (Fsp3) is 0.533. The summed E-state index contributed by atoms with van der Waals surface area (Å²) < 4.78 is 0. The van der Waals surface area contributed by atoms with E-state index in [4.69, 9.17) is 0 Å². The number of Topliss-reactive ketones (excluding diaryl/α,β-unsaturated/α-hetero) is 1. The highest BCUT2D eigenvalue weighted by atomic mass is 32.2. The molecule has 19 heavy (non-hydrogen) atoms. The van der Waals surface area contributed by atoms with Crippen molar-refractivity contribution in [1.82, 2.24) is 10.2 Å². The minimum atomic E-state index is 0.256. The van der Waals surface area contributed by atoms with Gasteiger partial charge in [-0.05, 0) is 17.9 Å². The van der Waals surface area contributed by atoms with Crippen LogP contribution in [0.5, 0.6) is 0 Å². The van der Waals surface area contributed by atoms with Crippen LogP contribution in [0.15, 0.2) is 29.2 Å². The molecule has 0 aliphatic carbocycles. The number of ketones is 1. The van der Waals surface area contributed by atoms with Crippen LogP contribution >= 0.6 is 11.8 Å². The summed E-state index contributed by atoms with van der Waals surface area (Å²) in [5.41, 5.74) is 0.843. The van der Waals surface area contributed by atoms with E-state index in [1.54, 1.807) is 11.8 Å². The van der Waals surface area contributed by atoms with E-state index in [0.717, 1.165) is 44.0 Å². The zero-order valence-corrected chi connectivity index (χ0v) is 12.3. The Bertz CT molecular complexity index is 399. The molecule has 1 aromatic rings. The first-order valence-corrected chi connectivity index (χ1v) is 7.97. The van der Waals surface area contributed by atoms with Gasteiger partial charge in [-0.2, -0.15) is 0 Å². The molecule has 4 heteroatoms. The van der Waals surface area contributed by atoms with Gasteiger partial charge < -0.3 is 10.2 Å². The van der Waals surface area contributed by atoms with E-state index >= 15 is 0 Å². The molecular formula is C15H22N2OS. The molecule has 1 heterocycles. The van der Waals surface area contributed by atoms with E-state index in [1.807, 2.05) is 24.3 Å². The average Bonchev–Trinajstić information content (AvgIpc) is 2.47. The first-order valence-electron chi connectivity index (χ1n) is 6.98. The van der Waals surface area contributed by atoms with Crippen molar-refractivity contribution >= 4 is 17.5 Å². The molecule has 1 saturated heterocycles. The third-order valence-electron chi connectivity index (χ3n) is 3.35. The predicted octanol–water partition coefficient (Wildman–Crippen LogP) is 2.28. The average molecular weight is 278 g/mol. The fourth-order valence-corrected chi connectivity index (χ4v) is 2.90. The Morgan fingerprint density at radius 3 is 2.58 bits per heavy atom. The van der Waals surface area contributed by atoms with E-state index in [0.29, 0.717) is 6.42 Å². The van der Waals surface area contributed by atoms with Crippen molar-refractivity contribution in [3.8, 4) is 0 Å². The van der Waals surface area contributed by atoms with Crippen molar-refractivity contribution in [3.63, 3.8) is 0 Å². The summed E-state index contributed by atoms with van der Waals surface area (Å²) in [4.78, 5) is 15.7. The molecule has 104 valence electrons. The number of piperazine rings is 1. The van der Waals surface area contributed by atoms with Crippen molar-refractivity contribution in [3.05, 3.63) is 29.8 Å². The molecule has 1 aliphatic heterocycles. The maximum atomic E-state index is 12.1. The summed E-state index contributed by atoms with van der Waals surface area (Å²) in [6, 6.07) is 8.01. The number of benzene rings is 1. The molecule has 0 atom stereocenters. The minimum Gasteiger partial charge on any atom is -0.314 e. The summed E-state index contributed by atoms with van der Waals surface area (Å²) in [5, 5.41) is 3.32. The standard InChI is InChI=1S/C15H22N2OS/c1-2-19-14-5-3-13(4-6-14)15(18)7-10-17-11-8-16-9-12-17/h3-6,16H,2,7-12H2,1H3. The van der Waals surface area contributed by atoms with E-state index in [2.05, 4.69) is 17.1 Å². The summed E-state index contributed by atoms with van der Waals surface area (Å²) in [5.74, 6) is 1.32. The van der Waals surface area contributed by atoms with Gasteiger partial charge in [0.1, 0.15) is 0 Å². The third-order valence-corrected chi connectivity index (χ3v) is 4.25. The molecule has 3 nitrogen and oxygen atoms in total. The van der Waals surface area contributed by atoms with Crippen LogP contribution in [0.4, 0.5) is 0 Å². The van der Waals surface area contributed by atoms with Gasteiger partial charge in [0.05, 0.1) is 0 Å². The monoisotopic (exact) mass is 278 g/mol. The van der Waals surface area contributed by atoms with Crippen LogP contribution < -0.4 is 5.32 Å². The Labute approximate surface area is 119 Å². The van der Waals surface area contributed by atoms with Gasteiger partial charge in [0.15, 0.2) is 5.78 Å². The number of nitrogens with one attached hydrogen (secondary N) is 1. The van der Waals surface area contributed by atoms with E-state index < -0.39 is 0 Å².